The van der Waals surface area contributed by atoms with Crippen LogP contribution in [0.25, 0.3) is 10.8 Å². The molecule has 0 saturated carbocycles. The number of benzene rings is 3. The highest BCUT2D eigenvalue weighted by atomic mass is 32.2. The van der Waals surface area contributed by atoms with Gasteiger partial charge >= 0.3 is 0 Å². The third-order valence-corrected chi connectivity index (χ3v) is 6.31. The minimum Gasteiger partial charge on any atom is -0.507 e. The van der Waals surface area contributed by atoms with Gasteiger partial charge in [-0.05, 0) is 61.7 Å². The fraction of sp³-hybridized carbons (Fsp3) is 0.222. The summed E-state index contributed by atoms with van der Waals surface area (Å²) in [6.07, 6.45) is 0. The van der Waals surface area contributed by atoms with Crippen LogP contribution in [0.4, 0.5) is 11.4 Å². The number of nitrogens with one attached hydrogen (secondary N) is 4. The molecule has 1 amide bonds. The molecule has 0 saturated heterocycles. The largest absolute Gasteiger partial charge is 0.507 e. The first-order chi connectivity index (χ1) is 19.7. The van der Waals surface area contributed by atoms with Crippen LogP contribution in [-0.4, -0.2) is 61.1 Å². The molecule has 2 unspecified atom stereocenters. The average Bonchev–Trinajstić information content (AvgIpc) is 2.90. The Morgan fingerprint density at radius 3 is 2.29 bits per heavy atom. The fourth-order valence-corrected chi connectivity index (χ4v) is 4.12. The van der Waals surface area contributed by atoms with Crippen molar-refractivity contribution in [2.45, 2.75) is 30.8 Å². The second-order valence-corrected chi connectivity index (χ2v) is 11.0. The van der Waals surface area contributed by atoms with Crippen LogP contribution in [0.3, 0.4) is 0 Å². The molecule has 2 atom stereocenters. The highest BCUT2D eigenvalue weighted by Gasteiger charge is 2.15. The highest BCUT2D eigenvalue weighted by molar-refractivity contribution is 7.85. The van der Waals surface area contributed by atoms with Gasteiger partial charge < -0.3 is 38.3 Å². The third kappa shape index (κ3) is 9.45. The van der Waals surface area contributed by atoms with Crippen LogP contribution in [0.5, 0.6) is 5.75 Å². The molecule has 14 nitrogen and oxygen atoms in total. The smallest absolute Gasteiger partial charge is 0.294 e. The third-order valence-electron chi connectivity index (χ3n) is 5.48. The summed E-state index contributed by atoms with van der Waals surface area (Å²) < 4.78 is 32.4. The molecule has 0 heterocycles. The molecular weight excluding hydrogens is 562 g/mol. The summed E-state index contributed by atoms with van der Waals surface area (Å²) in [5.74, 6) is -0.109. The zero-order valence-electron chi connectivity index (χ0n) is 23.1. The van der Waals surface area contributed by atoms with Gasteiger partial charge in [-0.25, -0.2) is 0 Å². The van der Waals surface area contributed by atoms with Crippen molar-refractivity contribution in [2.24, 2.45) is 27.2 Å². The van der Waals surface area contributed by atoms with Gasteiger partial charge in [0, 0.05) is 40.5 Å². The van der Waals surface area contributed by atoms with Crippen LogP contribution in [0.1, 0.15) is 24.2 Å². The quantitative estimate of drug-likeness (QED) is 0.0920. The van der Waals surface area contributed by atoms with Gasteiger partial charge in [-0.15, -0.1) is 0 Å². The Bertz CT molecular complexity index is 1640. The van der Waals surface area contributed by atoms with Crippen LogP contribution < -0.4 is 38.5 Å². The maximum atomic E-state index is 13.0. The molecule has 0 aromatic heterocycles. The van der Waals surface area contributed by atoms with Gasteiger partial charge in [-0.3, -0.25) is 24.6 Å². The number of carbonyl (C=O) groups is 1. The summed E-state index contributed by atoms with van der Waals surface area (Å²) in [6, 6.07) is 12.9. The number of guanidine groups is 2. The summed E-state index contributed by atoms with van der Waals surface area (Å²) in [7, 11) is -4.54. The van der Waals surface area contributed by atoms with Gasteiger partial charge in [-0.2, -0.15) is 8.42 Å². The molecule has 15 heteroatoms. The normalized spacial score (nSPS) is 13.7. The zero-order valence-corrected chi connectivity index (χ0v) is 23.9. The van der Waals surface area contributed by atoms with E-state index in [1.165, 1.54) is 18.2 Å². The lowest BCUT2D eigenvalue weighted by Gasteiger charge is -2.16. The summed E-state index contributed by atoms with van der Waals surface area (Å²) >= 11 is 0. The number of nitrogens with two attached hydrogens (primary N) is 3. The second kappa shape index (κ2) is 13.8. The zero-order chi connectivity index (χ0) is 31.0. The molecule has 0 aliphatic carbocycles. The number of amides is 1. The van der Waals surface area contributed by atoms with Gasteiger partial charge in [0.15, 0.2) is 5.96 Å². The Kier molecular flexibility index (Phi) is 10.4. The van der Waals surface area contributed by atoms with E-state index in [2.05, 4.69) is 37.8 Å². The molecule has 0 radical (unpaired) electrons. The summed E-state index contributed by atoms with van der Waals surface area (Å²) in [4.78, 5) is 21.0. The predicted molar refractivity (Wildman–Crippen MR) is 165 cm³/mol. The first-order valence-electron chi connectivity index (χ1n) is 12.7. The Hall–Kier alpha value is -4.70. The van der Waals surface area contributed by atoms with Crippen molar-refractivity contribution in [2.75, 3.05) is 23.7 Å². The van der Waals surface area contributed by atoms with Crippen molar-refractivity contribution in [3.63, 3.8) is 0 Å². The Balaban J connectivity index is 1.72. The van der Waals surface area contributed by atoms with Crippen LogP contribution in [0.2, 0.25) is 0 Å². The van der Waals surface area contributed by atoms with Crippen LogP contribution in [-0.2, 0) is 10.1 Å². The lowest BCUT2D eigenvalue weighted by Crippen LogP contribution is -2.46. The van der Waals surface area contributed by atoms with E-state index in [0.29, 0.717) is 46.6 Å². The predicted octanol–water partition coefficient (Wildman–Crippen LogP) is 1.47. The van der Waals surface area contributed by atoms with E-state index in [-0.39, 0.29) is 29.8 Å². The van der Waals surface area contributed by atoms with Gasteiger partial charge in [-0.1, -0.05) is 12.6 Å². The number of hydrogen-bond acceptors (Lipinski definition) is 9. The fourth-order valence-electron chi connectivity index (χ4n) is 3.59. The van der Waals surface area contributed by atoms with Gasteiger partial charge in [0.2, 0.25) is 5.96 Å². The van der Waals surface area contributed by atoms with Gasteiger partial charge in [0.1, 0.15) is 11.6 Å². The first-order valence-corrected chi connectivity index (χ1v) is 14.2. The van der Waals surface area contributed by atoms with Crippen molar-refractivity contribution < 1.29 is 22.9 Å². The molecule has 0 aliphatic heterocycles. The molecule has 12 N–H and O–H groups in total. The molecule has 224 valence electrons. The number of carbonyl (C=O) groups excluding carboxylic acids is 1. The van der Waals surface area contributed by atoms with Crippen LogP contribution >= 0.6 is 0 Å². The number of aromatic hydroxyl groups is 1. The Morgan fingerprint density at radius 1 is 0.952 bits per heavy atom. The number of fused-ring (bicyclic) bond motifs is 1. The van der Waals surface area contributed by atoms with E-state index in [1.807, 2.05) is 0 Å². The molecule has 3 aromatic rings. The average molecular weight is 598 g/mol. The Morgan fingerprint density at radius 2 is 1.62 bits per heavy atom. The van der Waals surface area contributed by atoms with E-state index in [0.717, 1.165) is 6.07 Å². The number of rotatable bonds is 10. The maximum absolute atomic E-state index is 13.0. The van der Waals surface area contributed by atoms with E-state index in [1.54, 1.807) is 44.2 Å². The number of phenolic OH excluding ortho intramolecular Hbond substituents is 1. The van der Waals surface area contributed by atoms with Crippen LogP contribution in [0, 0.1) is 0 Å². The maximum Gasteiger partial charge on any atom is 0.294 e. The molecule has 0 aliphatic rings. The minimum atomic E-state index is -4.54. The lowest BCUT2D eigenvalue weighted by molar-refractivity contribution is 0.102. The second-order valence-electron chi connectivity index (χ2n) is 9.61. The van der Waals surface area contributed by atoms with Crippen molar-refractivity contribution in [3.8, 4) is 5.75 Å². The van der Waals surface area contributed by atoms with E-state index in [4.69, 9.17) is 17.2 Å². The molecular formula is C27H35N9O5S. The van der Waals surface area contributed by atoms with Crippen molar-refractivity contribution in [3.05, 3.63) is 72.6 Å². The number of phenols is 1. The Labute approximate surface area is 243 Å². The van der Waals surface area contributed by atoms with Crippen molar-refractivity contribution >= 4 is 50.1 Å². The van der Waals surface area contributed by atoms with Gasteiger partial charge in [0.05, 0.1) is 18.0 Å². The van der Waals surface area contributed by atoms with Crippen molar-refractivity contribution in [1.82, 2.24) is 10.6 Å². The number of hydrogen-bond donors (Lipinski definition) is 9. The molecule has 0 spiro atoms. The summed E-state index contributed by atoms with van der Waals surface area (Å²) in [5, 5.41) is 22.4. The van der Waals surface area contributed by atoms with E-state index < -0.39 is 20.9 Å². The first kappa shape index (κ1) is 31.8. The van der Waals surface area contributed by atoms with E-state index in [9.17, 15) is 22.9 Å². The molecule has 0 bridgehead atoms. The standard InChI is InChI=1S/C27H35N9O5S/c1-15(28)13-31-26(30)36-27(32-14-16(2)29)34-17(3)33-20-6-4-5-18(9-20)25(38)35-21-7-8-23-19(10-21)11-22(12-24(23)37)42(39,40)41/h4-12,15-16,33,37H,3,13-14,28-29H2,1-2H3,(H,35,38)(H,39,40,41)(H4,30,31,32,34,36). The number of nitrogens with zero attached hydrogens (tertiary/aromatic N) is 2. The monoisotopic (exact) mass is 597 g/mol. The molecule has 0 fully saturated rings. The topological polar surface area (TPSA) is 243 Å². The SMILES string of the molecule is C=C(NC(=NCC(C)N)NC(N)=NCC(C)N)Nc1cccc(C(=O)Nc2ccc3c(O)cc(S(=O)(=O)O)cc3c2)c1. The number of anilines is 2. The summed E-state index contributed by atoms with van der Waals surface area (Å²) in [6.45, 7) is 8.16. The minimum absolute atomic E-state index is 0.104. The van der Waals surface area contributed by atoms with Gasteiger partial charge in [0.25, 0.3) is 16.0 Å². The van der Waals surface area contributed by atoms with Crippen LogP contribution in [0.15, 0.2) is 81.9 Å². The van der Waals surface area contributed by atoms with E-state index >= 15 is 0 Å². The molecule has 3 aromatic carbocycles. The summed E-state index contributed by atoms with van der Waals surface area (Å²) in [5.41, 5.74) is 18.6. The highest BCUT2D eigenvalue weighted by Crippen LogP contribution is 2.30. The molecule has 42 heavy (non-hydrogen) atoms. The van der Waals surface area contributed by atoms with Crippen molar-refractivity contribution in [1.29, 1.82) is 0 Å². The molecule has 3 rings (SSSR count). The lowest BCUT2D eigenvalue weighted by atomic mass is 10.1. The number of aliphatic imine (C=N–C) groups is 2.